The lowest BCUT2D eigenvalue weighted by atomic mass is 10.2. The number of aromatic amines is 1. The minimum absolute atomic E-state index is 0.644. The Morgan fingerprint density at radius 2 is 2.37 bits per heavy atom. The van der Waals surface area contributed by atoms with Gasteiger partial charge in [-0.15, -0.1) is 0 Å². The van der Waals surface area contributed by atoms with Gasteiger partial charge in [0.2, 0.25) is 0 Å². The summed E-state index contributed by atoms with van der Waals surface area (Å²) in [5.74, 6) is 1.25. The molecule has 3 rings (SSSR count). The Bertz CT molecular complexity index is 687. The zero-order valence-electron chi connectivity index (χ0n) is 10.6. The number of H-pyrrole nitrogens is 1. The molecule has 0 aliphatic carbocycles. The molecule has 1 aliphatic heterocycles. The number of aromatic nitrogens is 2. The lowest BCUT2D eigenvalue weighted by molar-refractivity contribution is 0.588. The second-order valence-electron chi connectivity index (χ2n) is 4.84. The van der Waals surface area contributed by atoms with Gasteiger partial charge in [0, 0.05) is 11.8 Å². The van der Waals surface area contributed by atoms with Crippen LogP contribution in [0.15, 0.2) is 18.2 Å². The molecule has 19 heavy (non-hydrogen) atoms. The molecule has 2 heterocycles. The van der Waals surface area contributed by atoms with Crippen molar-refractivity contribution < 1.29 is 0 Å². The summed E-state index contributed by atoms with van der Waals surface area (Å²) in [6.45, 7) is 0.943. The summed E-state index contributed by atoms with van der Waals surface area (Å²) in [6.07, 6.45) is 3.91. The number of nitrogens with zero attached hydrogens (tertiary/aromatic N) is 2. The number of hydrogen-bond donors (Lipinski definition) is 1. The van der Waals surface area contributed by atoms with E-state index >= 15 is 0 Å². The van der Waals surface area contributed by atoms with Gasteiger partial charge < -0.3 is 9.55 Å². The molecule has 1 N–H and O–H groups in total. The van der Waals surface area contributed by atoms with E-state index in [1.807, 2.05) is 30.0 Å². The van der Waals surface area contributed by atoms with E-state index in [9.17, 15) is 0 Å². The van der Waals surface area contributed by atoms with Gasteiger partial charge in [0.1, 0.15) is 6.07 Å². The lowest BCUT2D eigenvalue weighted by Gasteiger charge is -2.21. The van der Waals surface area contributed by atoms with Gasteiger partial charge in [-0.25, -0.2) is 0 Å². The first-order chi connectivity index (χ1) is 9.29. The molecule has 0 amide bonds. The maximum atomic E-state index is 9.14. The van der Waals surface area contributed by atoms with Gasteiger partial charge in [-0.05, 0) is 42.9 Å². The molecule has 0 spiro atoms. The fraction of sp³-hybridized carbons (Fsp3) is 0.429. The van der Waals surface area contributed by atoms with Gasteiger partial charge >= 0.3 is 0 Å². The molecular formula is C14H15N3S2. The predicted octanol–water partition coefficient (Wildman–Crippen LogP) is 3.86. The van der Waals surface area contributed by atoms with E-state index in [-0.39, 0.29) is 0 Å². The highest BCUT2D eigenvalue weighted by atomic mass is 32.2. The number of benzene rings is 1. The van der Waals surface area contributed by atoms with Crippen LogP contribution in [0.2, 0.25) is 0 Å². The summed E-state index contributed by atoms with van der Waals surface area (Å²) in [5.41, 5.74) is 2.59. The Hall–Kier alpha value is -1.25. The highest BCUT2D eigenvalue weighted by molar-refractivity contribution is 7.99. The van der Waals surface area contributed by atoms with E-state index in [2.05, 4.69) is 15.6 Å². The number of imidazole rings is 1. The van der Waals surface area contributed by atoms with E-state index in [0.29, 0.717) is 10.8 Å². The Kier molecular flexibility index (Phi) is 3.63. The standard InChI is InChI=1S/C14H15N3S2/c15-8-10-4-3-6-12-13(10)16-14(18)17(12)9-11-5-1-2-7-19-11/h3-4,6,11H,1-2,5,7,9H2,(H,16,18). The van der Waals surface area contributed by atoms with E-state index in [0.717, 1.165) is 22.3 Å². The van der Waals surface area contributed by atoms with E-state index < -0.39 is 0 Å². The first-order valence-corrected chi connectivity index (χ1v) is 7.98. The molecular weight excluding hydrogens is 274 g/mol. The lowest BCUT2D eigenvalue weighted by Crippen LogP contribution is -2.17. The van der Waals surface area contributed by atoms with Crippen molar-refractivity contribution >= 4 is 35.0 Å². The summed E-state index contributed by atoms with van der Waals surface area (Å²) >= 11 is 7.46. The summed E-state index contributed by atoms with van der Waals surface area (Å²) in [4.78, 5) is 3.18. The third kappa shape index (κ3) is 2.43. The zero-order valence-corrected chi connectivity index (χ0v) is 12.2. The molecule has 1 atom stereocenters. The first kappa shape index (κ1) is 12.8. The molecule has 1 saturated heterocycles. The number of rotatable bonds is 2. The average molecular weight is 289 g/mol. The number of para-hydroxylation sites is 1. The molecule has 1 fully saturated rings. The van der Waals surface area contributed by atoms with Crippen LogP contribution in [-0.2, 0) is 6.54 Å². The van der Waals surface area contributed by atoms with Crippen LogP contribution in [-0.4, -0.2) is 20.6 Å². The molecule has 1 aromatic heterocycles. The summed E-state index contributed by atoms with van der Waals surface area (Å²) in [7, 11) is 0. The van der Waals surface area contributed by atoms with Crippen molar-refractivity contribution in [1.29, 1.82) is 5.26 Å². The highest BCUT2D eigenvalue weighted by Gasteiger charge is 2.17. The predicted molar refractivity (Wildman–Crippen MR) is 81.9 cm³/mol. The number of hydrogen-bond acceptors (Lipinski definition) is 3. The van der Waals surface area contributed by atoms with Gasteiger partial charge in [-0.1, -0.05) is 12.5 Å². The van der Waals surface area contributed by atoms with E-state index in [1.165, 1.54) is 25.0 Å². The Morgan fingerprint density at radius 1 is 1.47 bits per heavy atom. The average Bonchev–Trinajstić information content (AvgIpc) is 2.76. The SMILES string of the molecule is N#Cc1cccc2c1[nH]c(=S)n2CC1CCCCS1. The third-order valence-electron chi connectivity index (χ3n) is 3.59. The molecule has 1 unspecified atom stereocenters. The van der Waals surface area contributed by atoms with Crippen LogP contribution in [0, 0.1) is 16.1 Å². The molecule has 2 aromatic rings. The van der Waals surface area contributed by atoms with Gasteiger partial charge in [0.05, 0.1) is 16.6 Å². The molecule has 0 radical (unpaired) electrons. The van der Waals surface area contributed by atoms with Crippen molar-refractivity contribution in [3.63, 3.8) is 0 Å². The highest BCUT2D eigenvalue weighted by Crippen LogP contribution is 2.28. The molecule has 0 saturated carbocycles. The minimum atomic E-state index is 0.644. The Morgan fingerprint density at radius 3 is 3.11 bits per heavy atom. The molecule has 1 aromatic carbocycles. The molecule has 0 bridgehead atoms. The van der Waals surface area contributed by atoms with Crippen molar-refractivity contribution in [2.24, 2.45) is 0 Å². The summed E-state index contributed by atoms with van der Waals surface area (Å²) in [6, 6.07) is 8.01. The van der Waals surface area contributed by atoms with Gasteiger partial charge in [-0.2, -0.15) is 17.0 Å². The van der Waals surface area contributed by atoms with Crippen LogP contribution < -0.4 is 0 Å². The smallest absolute Gasteiger partial charge is 0.178 e. The number of thioether (sulfide) groups is 1. The van der Waals surface area contributed by atoms with Crippen LogP contribution in [0.5, 0.6) is 0 Å². The summed E-state index contributed by atoms with van der Waals surface area (Å²) < 4.78 is 2.87. The Labute approximate surface area is 121 Å². The van der Waals surface area contributed by atoms with Crippen molar-refractivity contribution in [2.75, 3.05) is 5.75 Å². The van der Waals surface area contributed by atoms with Gasteiger partial charge in [0.25, 0.3) is 0 Å². The van der Waals surface area contributed by atoms with E-state index in [4.69, 9.17) is 17.5 Å². The van der Waals surface area contributed by atoms with Crippen molar-refractivity contribution in [3.05, 3.63) is 28.5 Å². The second-order valence-corrected chi connectivity index (χ2v) is 6.64. The van der Waals surface area contributed by atoms with Gasteiger partial charge in [-0.3, -0.25) is 0 Å². The maximum Gasteiger partial charge on any atom is 0.178 e. The zero-order chi connectivity index (χ0) is 13.2. The summed E-state index contributed by atoms with van der Waals surface area (Å²) in [5, 5.41) is 9.78. The van der Waals surface area contributed by atoms with Crippen molar-refractivity contribution in [3.8, 4) is 6.07 Å². The van der Waals surface area contributed by atoms with Crippen molar-refractivity contribution in [1.82, 2.24) is 9.55 Å². The number of fused-ring (bicyclic) bond motifs is 1. The van der Waals surface area contributed by atoms with Crippen LogP contribution in [0.1, 0.15) is 24.8 Å². The quantitative estimate of drug-likeness (QED) is 0.854. The molecule has 5 heteroatoms. The largest absolute Gasteiger partial charge is 0.329 e. The number of nitriles is 1. The Balaban J connectivity index is 2.01. The van der Waals surface area contributed by atoms with Crippen LogP contribution in [0.25, 0.3) is 11.0 Å². The van der Waals surface area contributed by atoms with Crippen LogP contribution in [0.3, 0.4) is 0 Å². The van der Waals surface area contributed by atoms with Crippen LogP contribution in [0.4, 0.5) is 0 Å². The van der Waals surface area contributed by atoms with Crippen molar-refractivity contribution in [2.45, 2.75) is 31.1 Å². The van der Waals surface area contributed by atoms with E-state index in [1.54, 1.807) is 0 Å². The van der Waals surface area contributed by atoms with Crippen LogP contribution >= 0.6 is 24.0 Å². The second kappa shape index (κ2) is 5.40. The molecule has 1 aliphatic rings. The first-order valence-electron chi connectivity index (χ1n) is 6.53. The maximum absolute atomic E-state index is 9.14. The normalized spacial score (nSPS) is 19.4. The fourth-order valence-electron chi connectivity index (χ4n) is 2.61. The monoisotopic (exact) mass is 289 g/mol. The molecule has 3 nitrogen and oxygen atoms in total. The topological polar surface area (TPSA) is 44.5 Å². The fourth-order valence-corrected chi connectivity index (χ4v) is 4.18. The number of nitrogens with one attached hydrogen (secondary N) is 1. The third-order valence-corrected chi connectivity index (χ3v) is 5.29. The minimum Gasteiger partial charge on any atom is -0.329 e. The molecule has 98 valence electrons. The van der Waals surface area contributed by atoms with Gasteiger partial charge in [0.15, 0.2) is 4.77 Å².